The molecule has 0 atom stereocenters. The zero-order valence-corrected chi connectivity index (χ0v) is 21.2. The molecule has 0 bridgehead atoms. The average molecular weight is 445 g/mol. The van der Waals surface area contributed by atoms with Crippen LogP contribution < -0.4 is 0 Å². The van der Waals surface area contributed by atoms with Crippen molar-refractivity contribution in [1.82, 2.24) is 0 Å². The number of hydrogen-bond donors (Lipinski definition) is 0. The lowest BCUT2D eigenvalue weighted by atomic mass is 9.68. The van der Waals surface area contributed by atoms with Crippen molar-refractivity contribution in [2.45, 2.75) is 135 Å². The van der Waals surface area contributed by atoms with Crippen molar-refractivity contribution in [2.24, 2.45) is 17.8 Å². The van der Waals surface area contributed by atoms with Crippen LogP contribution in [0.4, 0.5) is 0 Å². The van der Waals surface area contributed by atoms with E-state index in [1.54, 1.807) is 0 Å². The van der Waals surface area contributed by atoms with E-state index in [4.69, 9.17) is 11.6 Å². The van der Waals surface area contributed by atoms with Gasteiger partial charge < -0.3 is 0 Å². The highest BCUT2D eigenvalue weighted by Gasteiger charge is 2.31. The smallest absolute Gasteiger partial charge is 0.0440 e. The van der Waals surface area contributed by atoms with Crippen LogP contribution in [-0.4, -0.2) is 0 Å². The lowest BCUT2D eigenvalue weighted by Gasteiger charge is -2.38. The van der Waals surface area contributed by atoms with Crippen molar-refractivity contribution in [2.75, 3.05) is 0 Å². The molecule has 1 aromatic carbocycles. The summed E-state index contributed by atoms with van der Waals surface area (Å²) in [4.78, 5) is 0. The Balaban J connectivity index is 1.21. The number of benzene rings is 1. The van der Waals surface area contributed by atoms with E-state index in [-0.39, 0.29) is 0 Å². The minimum atomic E-state index is 0.706. The van der Waals surface area contributed by atoms with Gasteiger partial charge in [-0.3, -0.25) is 0 Å². The van der Waals surface area contributed by atoms with E-state index in [2.05, 4.69) is 31.2 Å². The van der Waals surface area contributed by atoms with Crippen molar-refractivity contribution >= 4 is 11.6 Å². The van der Waals surface area contributed by atoms with E-state index in [0.29, 0.717) is 5.92 Å². The first-order valence-electron chi connectivity index (χ1n) is 14.0. The Hall–Kier alpha value is -0.490. The predicted octanol–water partition coefficient (Wildman–Crippen LogP) is 10.7. The van der Waals surface area contributed by atoms with E-state index < -0.39 is 0 Å². The van der Waals surface area contributed by atoms with Crippen LogP contribution in [0.15, 0.2) is 24.3 Å². The molecule has 0 aliphatic heterocycles. The standard InChI is InChI=1S/C30H49Cl/c1-2-3-4-5-6-7-8-9-10-11-14-25-17-19-26(20-18-25)27-21-23-28(24-22-27)29-15-12-13-16-30(29)31/h12-13,15-16,25-28H,2-11,14,17-24H2,1H3. The predicted molar refractivity (Wildman–Crippen MR) is 138 cm³/mol. The van der Waals surface area contributed by atoms with Crippen LogP contribution in [0.1, 0.15) is 140 Å². The second-order valence-electron chi connectivity index (χ2n) is 10.9. The van der Waals surface area contributed by atoms with E-state index in [9.17, 15) is 0 Å². The molecule has 0 spiro atoms. The number of rotatable bonds is 13. The molecule has 0 aromatic heterocycles. The molecule has 0 unspecified atom stereocenters. The summed E-state index contributed by atoms with van der Waals surface area (Å²) in [6, 6.07) is 8.54. The Bertz CT molecular complexity index is 578. The van der Waals surface area contributed by atoms with Crippen molar-refractivity contribution in [1.29, 1.82) is 0 Å². The van der Waals surface area contributed by atoms with Crippen molar-refractivity contribution in [3.63, 3.8) is 0 Å². The molecule has 31 heavy (non-hydrogen) atoms. The van der Waals surface area contributed by atoms with Gasteiger partial charge in [-0.25, -0.2) is 0 Å². The zero-order chi connectivity index (χ0) is 21.7. The van der Waals surface area contributed by atoms with E-state index in [0.717, 1.165) is 22.8 Å². The quantitative estimate of drug-likeness (QED) is 0.265. The fourth-order valence-corrected chi connectivity index (χ4v) is 6.87. The summed E-state index contributed by atoms with van der Waals surface area (Å²) in [5.74, 6) is 3.77. The molecule has 0 saturated heterocycles. The third-order valence-corrected chi connectivity index (χ3v) is 8.99. The Kier molecular flexibility index (Phi) is 11.9. The molecule has 0 amide bonds. The number of unbranched alkanes of at least 4 members (excludes halogenated alkanes) is 9. The third kappa shape index (κ3) is 8.75. The lowest BCUT2D eigenvalue weighted by molar-refractivity contribution is 0.155. The highest BCUT2D eigenvalue weighted by Crippen LogP contribution is 2.45. The minimum Gasteiger partial charge on any atom is -0.0840 e. The van der Waals surface area contributed by atoms with Gasteiger partial charge in [-0.2, -0.15) is 0 Å². The molecule has 1 aromatic rings. The maximum absolute atomic E-state index is 6.46. The topological polar surface area (TPSA) is 0 Å². The summed E-state index contributed by atoms with van der Waals surface area (Å²) in [7, 11) is 0. The molecule has 0 nitrogen and oxygen atoms in total. The normalized spacial score (nSPS) is 26.8. The molecule has 0 N–H and O–H groups in total. The lowest BCUT2D eigenvalue weighted by Crippen LogP contribution is -2.25. The van der Waals surface area contributed by atoms with E-state index >= 15 is 0 Å². The SMILES string of the molecule is CCCCCCCCCCCCC1CCC(C2CCC(c3ccccc3Cl)CC2)CC1. The molecule has 2 aliphatic carbocycles. The van der Waals surface area contributed by atoms with Crippen molar-refractivity contribution < 1.29 is 0 Å². The summed E-state index contributed by atoms with van der Waals surface area (Å²) < 4.78 is 0. The number of hydrogen-bond acceptors (Lipinski definition) is 0. The zero-order valence-electron chi connectivity index (χ0n) is 20.4. The third-order valence-electron chi connectivity index (χ3n) is 8.64. The van der Waals surface area contributed by atoms with Crippen LogP contribution >= 0.6 is 11.6 Å². The molecule has 1 heteroatoms. The van der Waals surface area contributed by atoms with E-state index in [1.165, 1.54) is 128 Å². The Morgan fingerprint density at radius 2 is 1.16 bits per heavy atom. The van der Waals surface area contributed by atoms with Gasteiger partial charge >= 0.3 is 0 Å². The van der Waals surface area contributed by atoms with Crippen LogP contribution in [-0.2, 0) is 0 Å². The fraction of sp³-hybridized carbons (Fsp3) is 0.800. The van der Waals surface area contributed by atoms with Crippen LogP contribution in [0.2, 0.25) is 5.02 Å². The van der Waals surface area contributed by atoms with Gasteiger partial charge in [0.25, 0.3) is 0 Å². The average Bonchev–Trinajstić information content (AvgIpc) is 2.81. The summed E-state index contributed by atoms with van der Waals surface area (Å²) in [5.41, 5.74) is 1.41. The van der Waals surface area contributed by atoms with Crippen LogP contribution in [0, 0.1) is 17.8 Å². The highest BCUT2D eigenvalue weighted by molar-refractivity contribution is 6.31. The molecule has 0 radical (unpaired) electrons. The molecular formula is C30H49Cl. The molecular weight excluding hydrogens is 396 g/mol. The Morgan fingerprint density at radius 3 is 1.74 bits per heavy atom. The first-order valence-corrected chi connectivity index (χ1v) is 14.4. The maximum Gasteiger partial charge on any atom is 0.0440 e. The summed E-state index contributed by atoms with van der Waals surface area (Å²) >= 11 is 6.46. The second-order valence-corrected chi connectivity index (χ2v) is 11.3. The maximum atomic E-state index is 6.46. The van der Waals surface area contributed by atoms with Gasteiger partial charge in [0.2, 0.25) is 0 Å². The summed E-state index contributed by atoms with van der Waals surface area (Å²) in [5, 5.41) is 0.985. The van der Waals surface area contributed by atoms with Crippen LogP contribution in [0.3, 0.4) is 0 Å². The Labute approximate surface area is 198 Å². The van der Waals surface area contributed by atoms with Crippen LogP contribution in [0.5, 0.6) is 0 Å². The van der Waals surface area contributed by atoms with Gasteiger partial charge in [0, 0.05) is 5.02 Å². The summed E-state index contributed by atoms with van der Waals surface area (Å²) in [6.07, 6.45) is 27.8. The largest absolute Gasteiger partial charge is 0.0840 e. The highest BCUT2D eigenvalue weighted by atomic mass is 35.5. The second kappa shape index (κ2) is 14.6. The van der Waals surface area contributed by atoms with Crippen molar-refractivity contribution in [3.8, 4) is 0 Å². The van der Waals surface area contributed by atoms with Crippen LogP contribution in [0.25, 0.3) is 0 Å². The fourth-order valence-electron chi connectivity index (χ4n) is 6.58. The van der Waals surface area contributed by atoms with Gasteiger partial charge in [-0.05, 0) is 73.8 Å². The molecule has 2 aliphatic rings. The molecule has 3 rings (SSSR count). The number of halogens is 1. The molecule has 176 valence electrons. The molecule has 2 saturated carbocycles. The Morgan fingerprint density at radius 1 is 0.645 bits per heavy atom. The first-order chi connectivity index (χ1) is 15.3. The van der Waals surface area contributed by atoms with E-state index in [1.807, 2.05) is 0 Å². The van der Waals surface area contributed by atoms with Gasteiger partial charge in [-0.1, -0.05) is 120 Å². The van der Waals surface area contributed by atoms with Gasteiger partial charge in [0.05, 0.1) is 0 Å². The first kappa shape index (κ1) is 25.1. The monoisotopic (exact) mass is 444 g/mol. The van der Waals surface area contributed by atoms with Crippen molar-refractivity contribution in [3.05, 3.63) is 34.9 Å². The van der Waals surface area contributed by atoms with Gasteiger partial charge in [0.15, 0.2) is 0 Å². The minimum absolute atomic E-state index is 0.706. The van der Waals surface area contributed by atoms with Gasteiger partial charge in [0.1, 0.15) is 0 Å². The molecule has 2 fully saturated rings. The molecule has 0 heterocycles. The van der Waals surface area contributed by atoms with Gasteiger partial charge in [-0.15, -0.1) is 0 Å². The summed E-state index contributed by atoms with van der Waals surface area (Å²) in [6.45, 7) is 2.31.